The van der Waals surface area contributed by atoms with E-state index in [9.17, 15) is 9.59 Å². The first-order valence-corrected chi connectivity index (χ1v) is 3.03. The molecule has 0 saturated heterocycles. The van der Waals surface area contributed by atoms with E-state index in [1.807, 2.05) is 0 Å². The third-order valence-corrected chi connectivity index (χ3v) is 0.948. The van der Waals surface area contributed by atoms with Gasteiger partial charge in [-0.3, -0.25) is 9.59 Å². The van der Waals surface area contributed by atoms with Gasteiger partial charge in [0.25, 0.3) is 0 Å². The Bertz CT molecular complexity index is 139. The topological polar surface area (TPSA) is 34.1 Å². The van der Waals surface area contributed by atoms with Crippen LogP contribution in [0.1, 0.15) is 12.8 Å². The standard InChI is InChI=1S/C8H10O2/c1-3-7(9)5-6-8(10)4-2/h5-6H,1-4H2/b6-5+. The molecule has 54 valence electrons. The summed E-state index contributed by atoms with van der Waals surface area (Å²) in [6, 6.07) is 0. The van der Waals surface area contributed by atoms with Crippen LogP contribution in [0.3, 0.4) is 0 Å². The Kier molecular flexibility index (Phi) is 4.46. The van der Waals surface area contributed by atoms with Crippen LogP contribution in [0.4, 0.5) is 0 Å². The number of ketones is 2. The molecular weight excluding hydrogens is 128 g/mol. The van der Waals surface area contributed by atoms with Gasteiger partial charge in [-0.25, -0.2) is 0 Å². The van der Waals surface area contributed by atoms with Crippen LogP contribution < -0.4 is 0 Å². The molecule has 2 nitrogen and oxygen atoms in total. The summed E-state index contributed by atoms with van der Waals surface area (Å²) in [7, 11) is 0. The van der Waals surface area contributed by atoms with Gasteiger partial charge in [-0.05, 0) is 26.0 Å². The van der Waals surface area contributed by atoms with Gasteiger partial charge in [-0.2, -0.15) is 0 Å². The highest BCUT2D eigenvalue weighted by atomic mass is 16.1. The van der Waals surface area contributed by atoms with Crippen molar-refractivity contribution in [2.45, 2.75) is 12.8 Å². The molecule has 0 aromatic rings. The second-order valence-corrected chi connectivity index (χ2v) is 1.77. The van der Waals surface area contributed by atoms with Gasteiger partial charge in [-0.1, -0.05) is 0 Å². The van der Waals surface area contributed by atoms with Crippen LogP contribution in [0, 0.1) is 13.8 Å². The van der Waals surface area contributed by atoms with Crippen LogP contribution in [0.15, 0.2) is 12.2 Å². The van der Waals surface area contributed by atoms with E-state index >= 15 is 0 Å². The SMILES string of the molecule is [CH2]CC(=O)/C=C/C(=O)C[CH2]. The van der Waals surface area contributed by atoms with Gasteiger partial charge in [-0.15, -0.1) is 0 Å². The molecule has 0 atom stereocenters. The van der Waals surface area contributed by atoms with E-state index in [1.54, 1.807) is 0 Å². The van der Waals surface area contributed by atoms with Crippen LogP contribution in [-0.4, -0.2) is 11.6 Å². The molecule has 2 radical (unpaired) electrons. The minimum absolute atomic E-state index is 0.137. The lowest BCUT2D eigenvalue weighted by Crippen LogP contribution is -1.92. The molecule has 0 aliphatic carbocycles. The van der Waals surface area contributed by atoms with Crippen LogP contribution in [0.2, 0.25) is 0 Å². The zero-order valence-corrected chi connectivity index (χ0v) is 5.80. The van der Waals surface area contributed by atoms with E-state index in [2.05, 4.69) is 13.8 Å². The molecule has 0 fully saturated rings. The Balaban J connectivity index is 3.75. The molecule has 10 heavy (non-hydrogen) atoms. The summed E-state index contributed by atoms with van der Waals surface area (Å²) in [4.78, 5) is 21.0. The maximum absolute atomic E-state index is 10.5. The molecule has 0 saturated carbocycles. The molecule has 0 heterocycles. The highest BCUT2D eigenvalue weighted by molar-refractivity contribution is 5.98. The summed E-state index contributed by atoms with van der Waals surface area (Å²) in [6.07, 6.45) is 2.86. The molecule has 0 aromatic heterocycles. The number of allylic oxidation sites excluding steroid dienone is 2. The van der Waals surface area contributed by atoms with E-state index in [0.29, 0.717) is 0 Å². The van der Waals surface area contributed by atoms with Crippen LogP contribution >= 0.6 is 0 Å². The van der Waals surface area contributed by atoms with Gasteiger partial charge in [0.1, 0.15) is 0 Å². The van der Waals surface area contributed by atoms with Crippen LogP contribution in [0.25, 0.3) is 0 Å². The van der Waals surface area contributed by atoms with Crippen molar-refractivity contribution >= 4 is 11.6 Å². The lowest BCUT2D eigenvalue weighted by molar-refractivity contribution is -0.116. The third kappa shape index (κ3) is 4.01. The Hall–Kier alpha value is -0.920. The van der Waals surface area contributed by atoms with E-state index in [1.165, 1.54) is 12.2 Å². The van der Waals surface area contributed by atoms with Gasteiger partial charge in [0.05, 0.1) is 0 Å². The Morgan fingerprint density at radius 2 is 1.30 bits per heavy atom. The third-order valence-electron chi connectivity index (χ3n) is 0.948. The van der Waals surface area contributed by atoms with E-state index < -0.39 is 0 Å². The largest absolute Gasteiger partial charge is 0.295 e. The first kappa shape index (κ1) is 9.08. The fourth-order valence-corrected chi connectivity index (χ4v) is 0.353. The Labute approximate surface area is 60.9 Å². The van der Waals surface area contributed by atoms with Crippen molar-refractivity contribution in [2.24, 2.45) is 0 Å². The summed E-state index contributed by atoms with van der Waals surface area (Å²) in [5.74, 6) is -0.274. The molecule has 0 unspecified atom stereocenters. The fourth-order valence-electron chi connectivity index (χ4n) is 0.353. The smallest absolute Gasteiger partial charge is 0.155 e. The van der Waals surface area contributed by atoms with E-state index in [4.69, 9.17) is 0 Å². The summed E-state index contributed by atoms with van der Waals surface area (Å²) >= 11 is 0. The molecule has 0 spiro atoms. The average Bonchev–Trinajstić information content (AvgIpc) is 1.99. The van der Waals surface area contributed by atoms with Crippen molar-refractivity contribution in [2.75, 3.05) is 0 Å². The minimum Gasteiger partial charge on any atom is -0.295 e. The van der Waals surface area contributed by atoms with Crippen LogP contribution in [-0.2, 0) is 9.59 Å². The maximum atomic E-state index is 10.5. The Morgan fingerprint density at radius 3 is 1.50 bits per heavy atom. The maximum Gasteiger partial charge on any atom is 0.155 e. The first-order chi connectivity index (χ1) is 4.70. The molecule has 0 aliphatic heterocycles. The predicted octanol–water partition coefficient (Wildman–Crippen LogP) is 1.13. The molecule has 2 heteroatoms. The van der Waals surface area contributed by atoms with Gasteiger partial charge < -0.3 is 0 Å². The predicted molar refractivity (Wildman–Crippen MR) is 39.1 cm³/mol. The van der Waals surface area contributed by atoms with E-state index in [-0.39, 0.29) is 24.4 Å². The second-order valence-electron chi connectivity index (χ2n) is 1.77. The summed E-state index contributed by atoms with van der Waals surface area (Å²) in [6.45, 7) is 6.72. The number of carbonyl (C=O) groups excluding carboxylic acids is 2. The zero-order chi connectivity index (χ0) is 7.98. The van der Waals surface area contributed by atoms with Crippen molar-refractivity contribution < 1.29 is 9.59 Å². The first-order valence-electron chi connectivity index (χ1n) is 3.03. The number of rotatable bonds is 4. The molecule has 0 rings (SSSR count). The van der Waals surface area contributed by atoms with Gasteiger partial charge in [0.15, 0.2) is 11.6 Å². The second kappa shape index (κ2) is 4.91. The van der Waals surface area contributed by atoms with Crippen molar-refractivity contribution in [3.05, 3.63) is 26.0 Å². The molecule has 0 aliphatic rings. The normalized spacial score (nSPS) is 10.2. The molecule has 0 aromatic carbocycles. The number of hydrogen-bond donors (Lipinski definition) is 0. The van der Waals surface area contributed by atoms with Gasteiger partial charge in [0, 0.05) is 12.8 Å². The van der Waals surface area contributed by atoms with Crippen LogP contribution in [0.5, 0.6) is 0 Å². The highest BCUT2D eigenvalue weighted by Crippen LogP contribution is 1.86. The van der Waals surface area contributed by atoms with Gasteiger partial charge in [0.2, 0.25) is 0 Å². The zero-order valence-electron chi connectivity index (χ0n) is 5.80. The highest BCUT2D eigenvalue weighted by Gasteiger charge is 1.92. The van der Waals surface area contributed by atoms with Gasteiger partial charge >= 0.3 is 0 Å². The average molecular weight is 138 g/mol. The molecular formula is C8H10O2. The molecule has 0 bridgehead atoms. The fraction of sp³-hybridized carbons (Fsp3) is 0.250. The number of hydrogen-bond acceptors (Lipinski definition) is 2. The lowest BCUT2D eigenvalue weighted by Gasteiger charge is -1.84. The van der Waals surface area contributed by atoms with E-state index in [0.717, 1.165) is 0 Å². The monoisotopic (exact) mass is 138 g/mol. The minimum atomic E-state index is -0.137. The summed E-state index contributed by atoms with van der Waals surface area (Å²) in [5.41, 5.74) is 0. The number of carbonyl (C=O) groups is 2. The van der Waals surface area contributed by atoms with Crippen molar-refractivity contribution in [3.63, 3.8) is 0 Å². The summed E-state index contributed by atoms with van der Waals surface area (Å²) in [5, 5.41) is 0. The van der Waals surface area contributed by atoms with Crippen molar-refractivity contribution in [3.8, 4) is 0 Å². The molecule has 0 amide bonds. The van der Waals surface area contributed by atoms with Crippen molar-refractivity contribution in [1.29, 1.82) is 0 Å². The lowest BCUT2D eigenvalue weighted by atomic mass is 10.2. The molecule has 0 N–H and O–H groups in total. The Morgan fingerprint density at radius 1 is 1.00 bits per heavy atom. The quantitative estimate of drug-likeness (QED) is 0.546. The summed E-state index contributed by atoms with van der Waals surface area (Å²) < 4.78 is 0. The van der Waals surface area contributed by atoms with Crippen molar-refractivity contribution in [1.82, 2.24) is 0 Å².